The molecule has 0 spiro atoms. The summed E-state index contributed by atoms with van der Waals surface area (Å²) in [4.78, 5) is 24.1. The van der Waals surface area contributed by atoms with Crippen molar-refractivity contribution in [2.45, 2.75) is 30.4 Å². The van der Waals surface area contributed by atoms with Crippen molar-refractivity contribution >= 4 is 23.8 Å². The van der Waals surface area contributed by atoms with Crippen LogP contribution < -0.4 is 5.32 Å². The van der Waals surface area contributed by atoms with Crippen molar-refractivity contribution in [3.05, 3.63) is 0 Å². The van der Waals surface area contributed by atoms with Crippen LogP contribution in [0.1, 0.15) is 13.8 Å². The number of hydrogen-bond acceptors (Lipinski definition) is 4. The van der Waals surface area contributed by atoms with Crippen LogP contribution in [0.15, 0.2) is 0 Å². The number of amides is 2. The SMILES string of the molecule is CC1CN(C(=O)NC(CO)C(=O)O)CC(C)S1. The predicted molar refractivity (Wildman–Crippen MR) is 65.1 cm³/mol. The second-order valence-corrected chi connectivity index (χ2v) is 6.07. The summed E-state index contributed by atoms with van der Waals surface area (Å²) in [5.41, 5.74) is 0. The van der Waals surface area contributed by atoms with E-state index >= 15 is 0 Å². The quantitative estimate of drug-likeness (QED) is 0.664. The number of aliphatic carboxylic acids is 1. The zero-order chi connectivity index (χ0) is 13.0. The molecule has 1 fully saturated rings. The Hall–Kier alpha value is -0.950. The number of hydrogen-bond donors (Lipinski definition) is 3. The highest BCUT2D eigenvalue weighted by Crippen LogP contribution is 2.24. The van der Waals surface area contributed by atoms with Crippen LogP contribution in [0, 0.1) is 0 Å². The topological polar surface area (TPSA) is 89.9 Å². The molecule has 0 saturated carbocycles. The van der Waals surface area contributed by atoms with Gasteiger partial charge < -0.3 is 20.4 Å². The van der Waals surface area contributed by atoms with E-state index in [1.165, 1.54) is 0 Å². The molecule has 98 valence electrons. The Morgan fingerprint density at radius 3 is 2.35 bits per heavy atom. The van der Waals surface area contributed by atoms with E-state index in [0.717, 1.165) is 0 Å². The summed E-state index contributed by atoms with van der Waals surface area (Å²) in [7, 11) is 0. The van der Waals surface area contributed by atoms with Crippen molar-refractivity contribution in [2.24, 2.45) is 0 Å². The van der Waals surface area contributed by atoms with Crippen molar-refractivity contribution in [3.8, 4) is 0 Å². The highest BCUT2D eigenvalue weighted by atomic mass is 32.2. The summed E-state index contributed by atoms with van der Waals surface area (Å²) in [6.07, 6.45) is 0. The van der Waals surface area contributed by atoms with Gasteiger partial charge in [0.05, 0.1) is 6.61 Å². The average Bonchev–Trinajstić information content (AvgIpc) is 2.23. The third-order valence-corrected chi connectivity index (χ3v) is 3.71. The highest BCUT2D eigenvalue weighted by molar-refractivity contribution is 8.00. The molecule has 0 aromatic rings. The Kier molecular flexibility index (Phi) is 5.07. The maximum atomic E-state index is 11.8. The van der Waals surface area contributed by atoms with Gasteiger partial charge in [-0.15, -0.1) is 0 Å². The van der Waals surface area contributed by atoms with Gasteiger partial charge in [0, 0.05) is 23.6 Å². The molecule has 1 rings (SSSR count). The molecule has 3 N–H and O–H groups in total. The zero-order valence-electron chi connectivity index (χ0n) is 9.92. The third kappa shape index (κ3) is 4.08. The summed E-state index contributed by atoms with van der Waals surface area (Å²) in [5.74, 6) is -1.23. The van der Waals surface area contributed by atoms with Gasteiger partial charge in [-0.05, 0) is 0 Å². The Morgan fingerprint density at radius 1 is 1.41 bits per heavy atom. The number of carboxylic acids is 1. The summed E-state index contributed by atoms with van der Waals surface area (Å²) in [5, 5.41) is 20.5. The van der Waals surface area contributed by atoms with Crippen molar-refractivity contribution in [1.29, 1.82) is 0 Å². The van der Waals surface area contributed by atoms with E-state index in [2.05, 4.69) is 5.32 Å². The lowest BCUT2D eigenvalue weighted by atomic mass is 10.3. The molecule has 0 aromatic heterocycles. The Labute approximate surface area is 104 Å². The van der Waals surface area contributed by atoms with Crippen molar-refractivity contribution in [1.82, 2.24) is 10.2 Å². The highest BCUT2D eigenvalue weighted by Gasteiger charge is 2.28. The number of urea groups is 1. The van der Waals surface area contributed by atoms with E-state index in [1.54, 1.807) is 16.7 Å². The maximum Gasteiger partial charge on any atom is 0.328 e. The molecule has 1 saturated heterocycles. The van der Waals surface area contributed by atoms with Crippen molar-refractivity contribution in [3.63, 3.8) is 0 Å². The normalized spacial score (nSPS) is 26.4. The standard InChI is InChI=1S/C10H18N2O4S/c1-6-3-12(4-7(2)17-6)10(16)11-8(5-13)9(14)15/h6-8,13H,3-5H2,1-2H3,(H,11,16)(H,14,15). The Morgan fingerprint density at radius 2 is 1.94 bits per heavy atom. The smallest absolute Gasteiger partial charge is 0.328 e. The van der Waals surface area contributed by atoms with Gasteiger partial charge in [-0.2, -0.15) is 11.8 Å². The van der Waals surface area contributed by atoms with Crippen molar-refractivity contribution in [2.75, 3.05) is 19.7 Å². The van der Waals surface area contributed by atoms with Crippen LogP contribution in [-0.2, 0) is 4.79 Å². The number of carbonyl (C=O) groups is 2. The first kappa shape index (κ1) is 14.1. The van der Waals surface area contributed by atoms with Gasteiger partial charge in [0.1, 0.15) is 0 Å². The first-order valence-electron chi connectivity index (χ1n) is 5.48. The summed E-state index contributed by atoms with van der Waals surface area (Å²) < 4.78 is 0. The van der Waals surface area contributed by atoms with Crippen LogP contribution in [0.5, 0.6) is 0 Å². The Bertz CT molecular complexity index is 290. The lowest BCUT2D eigenvalue weighted by Gasteiger charge is -2.35. The van der Waals surface area contributed by atoms with Gasteiger partial charge in [-0.3, -0.25) is 0 Å². The minimum Gasteiger partial charge on any atom is -0.480 e. The number of aliphatic hydroxyl groups excluding tert-OH is 1. The molecule has 1 aliphatic rings. The van der Waals surface area contributed by atoms with Crippen LogP contribution in [0.2, 0.25) is 0 Å². The molecule has 0 radical (unpaired) electrons. The predicted octanol–water partition coefficient (Wildman–Crippen LogP) is -0.0327. The molecule has 0 aliphatic carbocycles. The van der Waals surface area contributed by atoms with Crippen LogP contribution >= 0.6 is 11.8 Å². The van der Waals surface area contributed by atoms with Crippen molar-refractivity contribution < 1.29 is 19.8 Å². The molecule has 7 heteroatoms. The fraction of sp³-hybridized carbons (Fsp3) is 0.800. The molecule has 1 aliphatic heterocycles. The minimum atomic E-state index is -1.23. The summed E-state index contributed by atoms with van der Waals surface area (Å²) >= 11 is 1.81. The van der Waals surface area contributed by atoms with Crippen LogP contribution in [-0.4, -0.2) is 63.4 Å². The molecule has 2 amide bonds. The number of carboxylic acid groups (broad SMARTS) is 1. The number of nitrogens with zero attached hydrogens (tertiary/aromatic N) is 1. The van der Waals surface area contributed by atoms with Gasteiger partial charge in [0.25, 0.3) is 0 Å². The zero-order valence-corrected chi connectivity index (χ0v) is 10.7. The number of carbonyl (C=O) groups excluding carboxylic acids is 1. The molecule has 1 heterocycles. The lowest BCUT2D eigenvalue weighted by molar-refractivity contribution is -0.140. The van der Waals surface area contributed by atoms with E-state index in [9.17, 15) is 9.59 Å². The third-order valence-electron chi connectivity index (χ3n) is 2.49. The molecule has 3 atom stereocenters. The van der Waals surface area contributed by atoms with Gasteiger partial charge in [0.15, 0.2) is 6.04 Å². The van der Waals surface area contributed by atoms with Gasteiger partial charge in [0.2, 0.25) is 0 Å². The second kappa shape index (κ2) is 6.11. The number of aliphatic hydroxyl groups is 1. The number of rotatable bonds is 3. The van der Waals surface area contributed by atoms with E-state index in [-0.39, 0.29) is 0 Å². The summed E-state index contributed by atoms with van der Waals surface area (Å²) in [6, 6.07) is -1.66. The van der Waals surface area contributed by atoms with Gasteiger partial charge in [-0.25, -0.2) is 9.59 Å². The number of thioether (sulfide) groups is 1. The van der Waals surface area contributed by atoms with E-state index < -0.39 is 24.6 Å². The first-order valence-corrected chi connectivity index (χ1v) is 6.43. The number of nitrogens with one attached hydrogen (secondary N) is 1. The van der Waals surface area contributed by atoms with E-state index in [0.29, 0.717) is 23.6 Å². The Balaban J connectivity index is 2.54. The fourth-order valence-corrected chi connectivity index (χ4v) is 3.09. The van der Waals surface area contributed by atoms with Crippen LogP contribution in [0.4, 0.5) is 4.79 Å². The first-order chi connectivity index (χ1) is 7.93. The molecule has 0 bridgehead atoms. The summed E-state index contributed by atoms with van der Waals surface area (Å²) in [6.45, 7) is 4.65. The van der Waals surface area contributed by atoms with E-state index in [4.69, 9.17) is 10.2 Å². The monoisotopic (exact) mass is 262 g/mol. The van der Waals surface area contributed by atoms with Crippen LogP contribution in [0.25, 0.3) is 0 Å². The fourth-order valence-electron chi connectivity index (χ4n) is 1.77. The molecule has 6 nitrogen and oxygen atoms in total. The van der Waals surface area contributed by atoms with Gasteiger partial charge >= 0.3 is 12.0 Å². The van der Waals surface area contributed by atoms with E-state index in [1.807, 2.05) is 13.8 Å². The minimum absolute atomic E-state index is 0.335. The molecule has 17 heavy (non-hydrogen) atoms. The molecular weight excluding hydrogens is 244 g/mol. The average molecular weight is 262 g/mol. The largest absolute Gasteiger partial charge is 0.480 e. The maximum absolute atomic E-state index is 11.8. The molecular formula is C10H18N2O4S. The molecule has 0 aromatic carbocycles. The second-order valence-electron chi connectivity index (χ2n) is 4.19. The lowest BCUT2D eigenvalue weighted by Crippen LogP contribution is -2.53. The van der Waals surface area contributed by atoms with Gasteiger partial charge in [-0.1, -0.05) is 13.8 Å². The van der Waals surface area contributed by atoms with Crippen LogP contribution in [0.3, 0.4) is 0 Å². The molecule has 3 unspecified atom stereocenters.